The zero-order valence-electron chi connectivity index (χ0n) is 11.3. The minimum atomic E-state index is 0.562. The highest BCUT2D eigenvalue weighted by Gasteiger charge is 2.11. The summed E-state index contributed by atoms with van der Waals surface area (Å²) in [6.07, 6.45) is 5.36. The van der Waals surface area contributed by atoms with Gasteiger partial charge >= 0.3 is 0 Å². The average Bonchev–Trinajstić information content (AvgIpc) is 3.00. The molecular formula is C14H16ClN5. The molecule has 0 amide bonds. The van der Waals surface area contributed by atoms with Gasteiger partial charge in [-0.2, -0.15) is 5.10 Å². The van der Waals surface area contributed by atoms with Gasteiger partial charge < -0.3 is 4.57 Å². The van der Waals surface area contributed by atoms with Crippen molar-refractivity contribution in [1.29, 1.82) is 0 Å². The lowest BCUT2D eigenvalue weighted by Gasteiger charge is -2.06. The van der Waals surface area contributed by atoms with Gasteiger partial charge in [-0.25, -0.2) is 9.97 Å². The number of hydrogen-bond donors (Lipinski definition) is 0. The molecule has 0 fully saturated rings. The summed E-state index contributed by atoms with van der Waals surface area (Å²) in [7, 11) is 1.93. The molecule has 0 unspecified atom stereocenters. The van der Waals surface area contributed by atoms with Crippen LogP contribution in [-0.4, -0.2) is 30.2 Å². The average molecular weight is 290 g/mol. The molecule has 104 valence electrons. The summed E-state index contributed by atoms with van der Waals surface area (Å²) in [6.45, 7) is 0.816. The van der Waals surface area contributed by atoms with E-state index in [-0.39, 0.29) is 0 Å². The predicted octanol–water partition coefficient (Wildman–Crippen LogP) is 2.19. The first kappa shape index (κ1) is 13.1. The molecule has 3 aromatic heterocycles. The van der Waals surface area contributed by atoms with Crippen LogP contribution < -0.4 is 0 Å². The minimum Gasteiger partial charge on any atom is -0.312 e. The van der Waals surface area contributed by atoms with E-state index in [9.17, 15) is 0 Å². The third kappa shape index (κ3) is 2.54. The Morgan fingerprint density at radius 1 is 1.25 bits per heavy atom. The number of nitrogens with zero attached hydrogens (tertiary/aromatic N) is 5. The van der Waals surface area contributed by atoms with Crippen LogP contribution in [0.1, 0.15) is 11.5 Å². The van der Waals surface area contributed by atoms with E-state index in [0.717, 1.165) is 42.1 Å². The number of aryl methyl sites for hydroxylation is 4. The third-order valence-corrected chi connectivity index (χ3v) is 3.45. The molecule has 0 bridgehead atoms. The van der Waals surface area contributed by atoms with Crippen molar-refractivity contribution in [2.24, 2.45) is 7.05 Å². The van der Waals surface area contributed by atoms with E-state index in [4.69, 9.17) is 11.6 Å². The van der Waals surface area contributed by atoms with Gasteiger partial charge in [0.1, 0.15) is 11.3 Å². The lowest BCUT2D eigenvalue weighted by molar-refractivity contribution is 0.647. The van der Waals surface area contributed by atoms with Crippen molar-refractivity contribution in [2.75, 3.05) is 5.88 Å². The van der Waals surface area contributed by atoms with Gasteiger partial charge in [0.15, 0.2) is 5.65 Å². The molecule has 0 atom stereocenters. The van der Waals surface area contributed by atoms with E-state index < -0.39 is 0 Å². The second-order valence-corrected chi connectivity index (χ2v) is 5.07. The maximum Gasteiger partial charge on any atom is 0.159 e. The molecule has 0 radical (unpaired) electrons. The van der Waals surface area contributed by atoms with E-state index in [0.29, 0.717) is 5.88 Å². The minimum absolute atomic E-state index is 0.562. The Bertz CT molecular complexity index is 715. The van der Waals surface area contributed by atoms with Crippen LogP contribution >= 0.6 is 11.6 Å². The van der Waals surface area contributed by atoms with Crippen LogP contribution in [0.25, 0.3) is 11.2 Å². The summed E-state index contributed by atoms with van der Waals surface area (Å²) < 4.78 is 3.96. The maximum absolute atomic E-state index is 5.87. The van der Waals surface area contributed by atoms with Gasteiger partial charge in [-0.1, -0.05) is 0 Å². The molecule has 0 aliphatic carbocycles. The summed E-state index contributed by atoms with van der Waals surface area (Å²) >= 11 is 5.87. The largest absolute Gasteiger partial charge is 0.312 e. The van der Waals surface area contributed by atoms with E-state index in [2.05, 4.69) is 19.6 Å². The third-order valence-electron chi connectivity index (χ3n) is 3.26. The lowest BCUT2D eigenvalue weighted by Crippen LogP contribution is -2.08. The standard InChI is InChI=1S/C14H16ClN5/c1-19-9-5-11(18-19)6-10-20-13(4-7-15)17-12-3-2-8-16-14(12)20/h2-3,5,8-9H,4,6-7,10H2,1H3. The lowest BCUT2D eigenvalue weighted by atomic mass is 10.3. The highest BCUT2D eigenvalue weighted by atomic mass is 35.5. The topological polar surface area (TPSA) is 48.5 Å². The zero-order valence-corrected chi connectivity index (χ0v) is 12.1. The normalized spacial score (nSPS) is 11.3. The summed E-state index contributed by atoms with van der Waals surface area (Å²) in [6, 6.07) is 5.92. The molecule has 0 N–H and O–H groups in total. The van der Waals surface area contributed by atoms with Gasteiger partial charge in [-0.3, -0.25) is 4.68 Å². The van der Waals surface area contributed by atoms with Gasteiger partial charge in [0.2, 0.25) is 0 Å². The van der Waals surface area contributed by atoms with Crippen molar-refractivity contribution in [3.05, 3.63) is 42.1 Å². The molecule has 0 aliphatic heterocycles. The summed E-state index contributed by atoms with van der Waals surface area (Å²) in [5.74, 6) is 1.55. The molecule has 20 heavy (non-hydrogen) atoms. The quantitative estimate of drug-likeness (QED) is 0.677. The van der Waals surface area contributed by atoms with Crippen LogP contribution in [-0.2, 0) is 26.4 Å². The first-order valence-electron chi connectivity index (χ1n) is 6.62. The summed E-state index contributed by atoms with van der Waals surface area (Å²) in [5.41, 5.74) is 2.92. The fourth-order valence-electron chi connectivity index (χ4n) is 2.34. The highest BCUT2D eigenvalue weighted by Crippen LogP contribution is 2.15. The van der Waals surface area contributed by atoms with Crippen LogP contribution in [0, 0.1) is 0 Å². The molecule has 3 heterocycles. The Kier molecular flexibility index (Phi) is 3.69. The molecule has 3 rings (SSSR count). The van der Waals surface area contributed by atoms with Crippen LogP contribution in [0.3, 0.4) is 0 Å². The Hall–Kier alpha value is -1.88. The second kappa shape index (κ2) is 5.63. The molecular weight excluding hydrogens is 274 g/mol. The van der Waals surface area contributed by atoms with Gasteiger partial charge in [-0.05, 0) is 18.2 Å². The number of fused-ring (bicyclic) bond motifs is 1. The Labute approximate surface area is 122 Å². The molecule has 0 saturated heterocycles. The van der Waals surface area contributed by atoms with Crippen molar-refractivity contribution in [1.82, 2.24) is 24.3 Å². The molecule has 3 aromatic rings. The van der Waals surface area contributed by atoms with Crippen molar-refractivity contribution in [3.8, 4) is 0 Å². The van der Waals surface area contributed by atoms with E-state index in [1.54, 1.807) is 6.20 Å². The summed E-state index contributed by atoms with van der Waals surface area (Å²) in [4.78, 5) is 9.04. The fourth-order valence-corrected chi connectivity index (χ4v) is 2.51. The number of alkyl halides is 1. The van der Waals surface area contributed by atoms with Gasteiger partial charge in [0.25, 0.3) is 0 Å². The van der Waals surface area contributed by atoms with Crippen LogP contribution in [0.4, 0.5) is 0 Å². The highest BCUT2D eigenvalue weighted by molar-refractivity contribution is 6.17. The van der Waals surface area contributed by atoms with Crippen molar-refractivity contribution < 1.29 is 0 Å². The number of halogens is 1. The molecule has 5 nitrogen and oxygen atoms in total. The number of hydrogen-bond acceptors (Lipinski definition) is 3. The molecule has 0 saturated carbocycles. The van der Waals surface area contributed by atoms with Gasteiger partial charge in [0.05, 0.1) is 5.69 Å². The second-order valence-electron chi connectivity index (χ2n) is 4.70. The SMILES string of the molecule is Cn1ccc(CCn2c(CCCl)nc3cccnc32)n1. The molecule has 0 aromatic carbocycles. The first-order valence-corrected chi connectivity index (χ1v) is 7.16. The fraction of sp³-hybridized carbons (Fsp3) is 0.357. The van der Waals surface area contributed by atoms with E-state index in [1.807, 2.05) is 36.1 Å². The van der Waals surface area contributed by atoms with Crippen molar-refractivity contribution >= 4 is 22.8 Å². The molecule has 0 spiro atoms. The molecule has 6 heteroatoms. The Morgan fingerprint density at radius 3 is 2.90 bits per heavy atom. The molecule has 0 aliphatic rings. The zero-order chi connectivity index (χ0) is 13.9. The van der Waals surface area contributed by atoms with E-state index >= 15 is 0 Å². The van der Waals surface area contributed by atoms with E-state index in [1.165, 1.54) is 0 Å². The summed E-state index contributed by atoms with van der Waals surface area (Å²) in [5, 5.41) is 4.40. The van der Waals surface area contributed by atoms with Crippen LogP contribution in [0.5, 0.6) is 0 Å². The predicted molar refractivity (Wildman–Crippen MR) is 78.9 cm³/mol. The van der Waals surface area contributed by atoms with Crippen molar-refractivity contribution in [2.45, 2.75) is 19.4 Å². The monoisotopic (exact) mass is 289 g/mol. The van der Waals surface area contributed by atoms with Crippen LogP contribution in [0.2, 0.25) is 0 Å². The maximum atomic E-state index is 5.87. The number of pyridine rings is 1. The Morgan fingerprint density at radius 2 is 2.15 bits per heavy atom. The Balaban J connectivity index is 1.90. The first-order chi connectivity index (χ1) is 9.78. The van der Waals surface area contributed by atoms with Crippen molar-refractivity contribution in [3.63, 3.8) is 0 Å². The number of imidazole rings is 1. The van der Waals surface area contributed by atoms with Gasteiger partial charge in [-0.15, -0.1) is 11.6 Å². The number of aromatic nitrogens is 5. The smallest absolute Gasteiger partial charge is 0.159 e. The number of rotatable bonds is 5. The van der Waals surface area contributed by atoms with Gasteiger partial charge in [0, 0.05) is 44.7 Å². The van der Waals surface area contributed by atoms with Crippen LogP contribution in [0.15, 0.2) is 30.6 Å².